The second kappa shape index (κ2) is 2.34. The number of fused-ring (bicyclic) bond motifs is 1. The van der Waals surface area contributed by atoms with E-state index in [1.807, 2.05) is 13.1 Å². The van der Waals surface area contributed by atoms with Crippen LogP contribution >= 0.6 is 0 Å². The fourth-order valence-corrected chi connectivity index (χ4v) is 1.13. The number of nitrogens with one attached hydrogen (secondary N) is 1. The molecule has 0 unspecified atom stereocenters. The van der Waals surface area contributed by atoms with Crippen LogP contribution in [0.25, 0.3) is 12.3 Å². The maximum atomic E-state index is 4.29. The minimum absolute atomic E-state index is 0.869. The summed E-state index contributed by atoms with van der Waals surface area (Å²) >= 11 is 0. The number of aliphatic imine (C=N–C) groups is 1. The predicted molar refractivity (Wildman–Crippen MR) is 44.6 cm³/mol. The Morgan fingerprint density at radius 2 is 2.45 bits per heavy atom. The molecular weight excluding hydrogens is 138 g/mol. The molecule has 3 nitrogen and oxygen atoms in total. The summed E-state index contributed by atoms with van der Waals surface area (Å²) in [4.78, 5) is 11.5. The van der Waals surface area contributed by atoms with E-state index < -0.39 is 0 Å². The van der Waals surface area contributed by atoms with Crippen LogP contribution < -0.4 is 10.7 Å². The molecule has 0 amide bonds. The highest BCUT2D eigenvalue weighted by molar-refractivity contribution is 5.68. The minimum atomic E-state index is 0.869. The molecule has 2 heterocycles. The highest BCUT2D eigenvalue weighted by Crippen LogP contribution is 1.81. The van der Waals surface area contributed by atoms with Crippen LogP contribution in [-0.2, 0) is 0 Å². The smallest absolute Gasteiger partial charge is 0.104 e. The van der Waals surface area contributed by atoms with Crippen molar-refractivity contribution in [2.75, 3.05) is 0 Å². The van der Waals surface area contributed by atoms with Crippen LogP contribution in [0.5, 0.6) is 0 Å². The Morgan fingerprint density at radius 3 is 3.36 bits per heavy atom. The highest BCUT2D eigenvalue weighted by Gasteiger charge is 1.92. The van der Waals surface area contributed by atoms with E-state index in [1.165, 1.54) is 0 Å². The van der Waals surface area contributed by atoms with Gasteiger partial charge in [0, 0.05) is 12.6 Å². The summed E-state index contributed by atoms with van der Waals surface area (Å²) < 4.78 is 0. The monoisotopic (exact) mass is 147 g/mol. The number of imidazole rings is 1. The topological polar surface area (TPSA) is 41.0 Å². The minimum Gasteiger partial charge on any atom is -0.341 e. The van der Waals surface area contributed by atoms with Crippen molar-refractivity contribution < 1.29 is 0 Å². The third-order valence-electron chi connectivity index (χ3n) is 1.61. The second-order valence-electron chi connectivity index (χ2n) is 2.52. The third kappa shape index (κ3) is 1.09. The standard InChI is InChI=1S/C8H9N3/c1-6-10-7-3-2-4-9-5-8(7)11-6/h3-5H,2H2,1H3,(H,10,11). The first-order valence-electron chi connectivity index (χ1n) is 3.61. The van der Waals surface area contributed by atoms with E-state index in [4.69, 9.17) is 0 Å². The number of aromatic amines is 1. The van der Waals surface area contributed by atoms with Crippen molar-refractivity contribution in [1.82, 2.24) is 9.97 Å². The van der Waals surface area contributed by atoms with Gasteiger partial charge in [-0.25, -0.2) is 4.98 Å². The number of aryl methyl sites for hydroxylation is 1. The zero-order valence-electron chi connectivity index (χ0n) is 6.33. The molecule has 0 aromatic carbocycles. The molecule has 11 heavy (non-hydrogen) atoms. The first kappa shape index (κ1) is 6.34. The van der Waals surface area contributed by atoms with Crippen LogP contribution in [0.4, 0.5) is 0 Å². The van der Waals surface area contributed by atoms with Crippen LogP contribution in [0, 0.1) is 6.92 Å². The maximum absolute atomic E-state index is 4.29. The summed E-state index contributed by atoms with van der Waals surface area (Å²) in [5.74, 6) is 0.944. The molecule has 1 N–H and O–H groups in total. The predicted octanol–water partition coefficient (Wildman–Crippen LogP) is -0.289. The molecule has 56 valence electrons. The Hall–Kier alpha value is -1.38. The lowest BCUT2D eigenvalue weighted by atomic mass is 10.4. The zero-order chi connectivity index (χ0) is 7.68. The molecule has 0 atom stereocenters. The van der Waals surface area contributed by atoms with Crippen LogP contribution in [0.1, 0.15) is 12.2 Å². The Morgan fingerprint density at radius 1 is 1.55 bits per heavy atom. The molecule has 1 aliphatic heterocycles. The van der Waals surface area contributed by atoms with Crippen molar-refractivity contribution >= 4 is 18.5 Å². The second-order valence-corrected chi connectivity index (χ2v) is 2.52. The van der Waals surface area contributed by atoms with Gasteiger partial charge in [0.2, 0.25) is 0 Å². The van der Waals surface area contributed by atoms with Gasteiger partial charge in [0.1, 0.15) is 5.82 Å². The van der Waals surface area contributed by atoms with E-state index >= 15 is 0 Å². The number of nitrogens with zero attached hydrogens (tertiary/aromatic N) is 2. The van der Waals surface area contributed by atoms with Gasteiger partial charge in [0.25, 0.3) is 0 Å². The molecule has 1 aromatic rings. The van der Waals surface area contributed by atoms with Gasteiger partial charge in [-0.2, -0.15) is 0 Å². The van der Waals surface area contributed by atoms with Gasteiger partial charge in [-0.05, 0) is 6.92 Å². The number of aromatic nitrogens is 2. The number of H-pyrrole nitrogens is 1. The van der Waals surface area contributed by atoms with E-state index in [1.54, 1.807) is 6.20 Å². The Kier molecular flexibility index (Phi) is 1.35. The lowest BCUT2D eigenvalue weighted by Crippen LogP contribution is -2.23. The van der Waals surface area contributed by atoms with Crippen molar-refractivity contribution in [2.24, 2.45) is 4.99 Å². The zero-order valence-corrected chi connectivity index (χ0v) is 6.33. The van der Waals surface area contributed by atoms with Crippen LogP contribution in [0.3, 0.4) is 0 Å². The largest absolute Gasteiger partial charge is 0.341 e. The summed E-state index contributed by atoms with van der Waals surface area (Å²) in [7, 11) is 0. The molecule has 0 aliphatic carbocycles. The fourth-order valence-electron chi connectivity index (χ4n) is 1.13. The molecule has 0 fully saturated rings. The van der Waals surface area contributed by atoms with Gasteiger partial charge in [-0.3, -0.25) is 4.99 Å². The molecule has 0 spiro atoms. The third-order valence-corrected chi connectivity index (χ3v) is 1.61. The molecule has 1 aromatic heterocycles. The Balaban J connectivity index is 2.79. The summed E-state index contributed by atoms with van der Waals surface area (Å²) in [6.07, 6.45) is 6.60. The number of hydrogen-bond donors (Lipinski definition) is 1. The number of hydrogen-bond acceptors (Lipinski definition) is 2. The quantitative estimate of drug-likeness (QED) is 0.538. The van der Waals surface area contributed by atoms with E-state index in [-0.39, 0.29) is 0 Å². The molecule has 2 rings (SSSR count). The highest BCUT2D eigenvalue weighted by atomic mass is 14.9. The first-order chi connectivity index (χ1) is 5.36. The number of rotatable bonds is 0. The van der Waals surface area contributed by atoms with Crippen LogP contribution in [0.15, 0.2) is 4.99 Å². The van der Waals surface area contributed by atoms with Gasteiger partial charge in [-0.1, -0.05) is 6.08 Å². The molecule has 0 bridgehead atoms. The fraction of sp³-hybridized carbons (Fsp3) is 0.250. The van der Waals surface area contributed by atoms with Crippen LogP contribution in [0.2, 0.25) is 0 Å². The van der Waals surface area contributed by atoms with Crippen molar-refractivity contribution in [3.8, 4) is 0 Å². The molecule has 1 aliphatic rings. The summed E-state index contributed by atoms with van der Waals surface area (Å²) in [6.45, 7) is 1.94. The molecule has 0 saturated heterocycles. The maximum Gasteiger partial charge on any atom is 0.104 e. The van der Waals surface area contributed by atoms with Gasteiger partial charge in [-0.15, -0.1) is 0 Å². The van der Waals surface area contributed by atoms with E-state index in [9.17, 15) is 0 Å². The van der Waals surface area contributed by atoms with Crippen molar-refractivity contribution in [3.05, 3.63) is 16.5 Å². The average molecular weight is 147 g/mol. The molecule has 0 saturated carbocycles. The molecular formula is C8H9N3. The van der Waals surface area contributed by atoms with Crippen molar-refractivity contribution in [3.63, 3.8) is 0 Å². The van der Waals surface area contributed by atoms with E-state index in [0.29, 0.717) is 0 Å². The summed E-state index contributed by atoms with van der Waals surface area (Å²) in [5.41, 5.74) is 0. The molecule has 3 heteroatoms. The summed E-state index contributed by atoms with van der Waals surface area (Å²) in [6, 6.07) is 0. The van der Waals surface area contributed by atoms with Gasteiger partial charge in [0.15, 0.2) is 0 Å². The lowest BCUT2D eigenvalue weighted by molar-refractivity contribution is 1.13. The molecule has 0 radical (unpaired) electrons. The Labute approximate surface area is 64.2 Å². The van der Waals surface area contributed by atoms with Gasteiger partial charge in [0.05, 0.1) is 16.9 Å². The SMILES string of the molecule is Cc1nc2c([nH]1)=CN=CCC=2. The van der Waals surface area contributed by atoms with E-state index in [2.05, 4.69) is 21.0 Å². The van der Waals surface area contributed by atoms with E-state index in [0.717, 1.165) is 22.9 Å². The summed E-state index contributed by atoms with van der Waals surface area (Å²) in [5, 5.41) is 2.02. The van der Waals surface area contributed by atoms with Gasteiger partial charge >= 0.3 is 0 Å². The Bertz CT molecular complexity index is 397. The van der Waals surface area contributed by atoms with Crippen LogP contribution in [-0.4, -0.2) is 16.2 Å². The lowest BCUT2D eigenvalue weighted by Gasteiger charge is -1.75. The van der Waals surface area contributed by atoms with Gasteiger partial charge < -0.3 is 4.98 Å². The van der Waals surface area contributed by atoms with Crippen molar-refractivity contribution in [2.45, 2.75) is 13.3 Å². The normalized spacial score (nSPS) is 14.6. The average Bonchev–Trinajstić information content (AvgIpc) is 2.17. The van der Waals surface area contributed by atoms with Crippen molar-refractivity contribution in [1.29, 1.82) is 0 Å². The first-order valence-corrected chi connectivity index (χ1v) is 3.61.